The average molecular weight is 943 g/mol. The average Bonchev–Trinajstić information content (AvgIpc) is 3.92. The highest BCUT2D eigenvalue weighted by Crippen LogP contribution is 2.58. The number of benzene rings is 8. The molecule has 10 aromatic rings. The van der Waals surface area contributed by atoms with Crippen molar-refractivity contribution in [1.29, 1.82) is 0 Å². The standard InChI is InChI=1S/C65H59BN2S2/c1-38-31-49-51(64(6,7)29-27-62(49,2)3)36-53(38)67-58-48-35-50-52(65(8,9)30-28-63(50,4)5)37-56(48)70-61(58)66-57-46(34-47-44-21-15-16-22-55(44)69-60(47)59(57)67)45-32-41-19-13-14-20-42(41)33-54(45)68(66)43-25-23-40(24-26-43)39-17-11-10-12-18-39/h10-26,31-37H,27-30H2,1-9H3. The van der Waals surface area contributed by atoms with Crippen LogP contribution in [0.3, 0.4) is 0 Å². The van der Waals surface area contributed by atoms with Crippen LogP contribution in [-0.4, -0.2) is 6.85 Å². The highest BCUT2D eigenvalue weighted by atomic mass is 32.1. The van der Waals surface area contributed by atoms with E-state index < -0.39 is 0 Å². The van der Waals surface area contributed by atoms with E-state index in [1.165, 1.54) is 155 Å². The van der Waals surface area contributed by atoms with Crippen LogP contribution in [0.15, 0.2) is 146 Å². The molecule has 2 aliphatic heterocycles. The van der Waals surface area contributed by atoms with Gasteiger partial charge in [0.15, 0.2) is 0 Å². The third-order valence-corrected chi connectivity index (χ3v) is 20.0. The molecule has 8 aromatic carbocycles. The van der Waals surface area contributed by atoms with Crippen LogP contribution in [0.25, 0.3) is 63.3 Å². The number of hydrogen-bond donors (Lipinski definition) is 0. The second-order valence-corrected chi connectivity index (χ2v) is 26.0. The number of nitrogens with zero attached hydrogens (tertiary/aromatic N) is 2. The first-order chi connectivity index (χ1) is 33.6. The minimum absolute atomic E-state index is 0.0472. The van der Waals surface area contributed by atoms with E-state index in [-0.39, 0.29) is 28.5 Å². The molecule has 0 spiro atoms. The van der Waals surface area contributed by atoms with Crippen molar-refractivity contribution >= 4 is 109 Å². The van der Waals surface area contributed by atoms with Gasteiger partial charge in [-0.3, -0.25) is 0 Å². The molecule has 0 unspecified atom stereocenters. The second-order valence-electron chi connectivity index (χ2n) is 23.8. The second kappa shape index (κ2) is 14.5. The predicted molar refractivity (Wildman–Crippen MR) is 307 cm³/mol. The van der Waals surface area contributed by atoms with Gasteiger partial charge < -0.3 is 9.71 Å². The van der Waals surface area contributed by atoms with Crippen LogP contribution >= 0.6 is 22.7 Å². The van der Waals surface area contributed by atoms with E-state index in [2.05, 4.69) is 229 Å². The number of hydrogen-bond acceptors (Lipinski definition) is 4. The van der Waals surface area contributed by atoms with E-state index in [1.807, 2.05) is 11.3 Å². The van der Waals surface area contributed by atoms with E-state index in [9.17, 15) is 0 Å². The molecule has 0 N–H and O–H groups in total. The monoisotopic (exact) mass is 942 g/mol. The zero-order chi connectivity index (χ0) is 47.8. The van der Waals surface area contributed by atoms with Gasteiger partial charge in [-0.1, -0.05) is 146 Å². The molecule has 14 rings (SSSR count). The Bertz CT molecular complexity index is 3870. The van der Waals surface area contributed by atoms with Crippen molar-refractivity contribution in [1.82, 2.24) is 0 Å². The van der Waals surface area contributed by atoms with Crippen LogP contribution in [0.1, 0.15) is 109 Å². The third kappa shape index (κ3) is 5.97. The van der Waals surface area contributed by atoms with Gasteiger partial charge in [-0.05, 0) is 170 Å². The number of rotatable bonds is 3. The molecule has 0 bridgehead atoms. The van der Waals surface area contributed by atoms with E-state index in [0.717, 1.165) is 0 Å². The van der Waals surface area contributed by atoms with Crippen LogP contribution < -0.4 is 20.0 Å². The molecular weight excluding hydrogens is 884 g/mol. The van der Waals surface area contributed by atoms with Crippen molar-refractivity contribution in [2.75, 3.05) is 9.71 Å². The maximum atomic E-state index is 2.82. The molecule has 2 aliphatic carbocycles. The SMILES string of the molecule is Cc1cc2c(cc1N1c3c(sc4cc5c(cc34)C(C)(C)CCC5(C)C)B3c4c(cc5c(sc6ccccc65)c41)-c1cc4ccccc4cc1N3c1ccc(-c3ccccc3)cc1)C(C)(C)CCC2(C)C. The van der Waals surface area contributed by atoms with Crippen molar-refractivity contribution < 1.29 is 0 Å². The predicted octanol–water partition coefficient (Wildman–Crippen LogP) is 17.8. The van der Waals surface area contributed by atoms with Gasteiger partial charge in [-0.2, -0.15) is 0 Å². The van der Waals surface area contributed by atoms with Gasteiger partial charge in [-0.15, -0.1) is 22.7 Å². The van der Waals surface area contributed by atoms with E-state index in [1.54, 1.807) is 0 Å². The van der Waals surface area contributed by atoms with Crippen molar-refractivity contribution in [3.63, 3.8) is 0 Å². The Morgan fingerprint density at radius 2 is 1.04 bits per heavy atom. The summed E-state index contributed by atoms with van der Waals surface area (Å²) in [5.41, 5.74) is 20.7. The molecule has 4 heterocycles. The summed E-state index contributed by atoms with van der Waals surface area (Å²) >= 11 is 4.04. The lowest BCUT2D eigenvalue weighted by Gasteiger charge is -2.46. The third-order valence-electron chi connectivity index (χ3n) is 17.6. The fourth-order valence-corrected chi connectivity index (χ4v) is 15.9. The fraction of sp³-hybridized carbons (Fsp3) is 0.262. The lowest BCUT2D eigenvalue weighted by atomic mass is 9.46. The summed E-state index contributed by atoms with van der Waals surface area (Å²) < 4.78 is 5.52. The number of aryl methyl sites for hydroxylation is 1. The Balaban J connectivity index is 1.16. The number of thiophene rings is 2. The summed E-state index contributed by atoms with van der Waals surface area (Å²) in [6, 6.07) is 56.6. The maximum absolute atomic E-state index is 2.82. The van der Waals surface area contributed by atoms with Gasteiger partial charge in [0.05, 0.1) is 16.1 Å². The molecular formula is C65H59BN2S2. The van der Waals surface area contributed by atoms with Gasteiger partial charge in [0.1, 0.15) is 0 Å². The summed E-state index contributed by atoms with van der Waals surface area (Å²) in [5, 5.41) is 6.60. The first-order valence-electron chi connectivity index (χ1n) is 25.6. The van der Waals surface area contributed by atoms with Crippen LogP contribution in [0.4, 0.5) is 28.4 Å². The van der Waals surface area contributed by atoms with Gasteiger partial charge in [0, 0.05) is 53.0 Å². The summed E-state index contributed by atoms with van der Waals surface area (Å²) in [7, 11) is 0. The lowest BCUT2D eigenvalue weighted by molar-refractivity contribution is 0.332. The highest BCUT2D eigenvalue weighted by molar-refractivity contribution is 7.33. The maximum Gasteiger partial charge on any atom is 0.343 e. The van der Waals surface area contributed by atoms with Crippen LogP contribution in [0.5, 0.6) is 0 Å². The molecule has 0 atom stereocenters. The number of fused-ring (bicyclic) bond motifs is 13. The molecule has 0 saturated heterocycles. The largest absolute Gasteiger partial charge is 0.376 e. The quantitative estimate of drug-likeness (QED) is 0.163. The molecule has 4 aliphatic rings. The Hall–Kier alpha value is -6.14. The Kier molecular flexibility index (Phi) is 8.84. The molecule has 70 heavy (non-hydrogen) atoms. The van der Waals surface area contributed by atoms with E-state index in [4.69, 9.17) is 0 Å². The minimum atomic E-state index is -0.0779. The Labute approximate surface area is 421 Å². The van der Waals surface area contributed by atoms with Gasteiger partial charge in [0.25, 0.3) is 0 Å². The smallest absolute Gasteiger partial charge is 0.343 e. The Morgan fingerprint density at radius 3 is 1.74 bits per heavy atom. The van der Waals surface area contributed by atoms with E-state index in [0.29, 0.717) is 0 Å². The first kappa shape index (κ1) is 42.7. The molecule has 0 fully saturated rings. The molecule has 0 saturated carbocycles. The molecule has 2 nitrogen and oxygen atoms in total. The van der Waals surface area contributed by atoms with Crippen LogP contribution in [-0.2, 0) is 21.7 Å². The van der Waals surface area contributed by atoms with Crippen molar-refractivity contribution in [2.24, 2.45) is 0 Å². The van der Waals surface area contributed by atoms with Gasteiger partial charge >= 0.3 is 6.85 Å². The van der Waals surface area contributed by atoms with Crippen LogP contribution in [0.2, 0.25) is 0 Å². The van der Waals surface area contributed by atoms with E-state index >= 15 is 0 Å². The zero-order valence-electron chi connectivity index (χ0n) is 42.0. The fourth-order valence-electron chi connectivity index (χ4n) is 13.4. The normalized spacial score (nSPS) is 17.9. The summed E-state index contributed by atoms with van der Waals surface area (Å²) in [6.07, 6.45) is 4.73. The van der Waals surface area contributed by atoms with Crippen molar-refractivity contribution in [2.45, 2.75) is 110 Å². The lowest BCUT2D eigenvalue weighted by Crippen LogP contribution is -2.60. The van der Waals surface area contributed by atoms with Crippen molar-refractivity contribution in [3.8, 4) is 22.3 Å². The first-order valence-corrected chi connectivity index (χ1v) is 27.2. The topological polar surface area (TPSA) is 6.48 Å². The summed E-state index contributed by atoms with van der Waals surface area (Å²) in [6.45, 7) is 22.2. The van der Waals surface area contributed by atoms with Gasteiger partial charge in [0.2, 0.25) is 0 Å². The molecule has 2 aromatic heterocycles. The zero-order valence-corrected chi connectivity index (χ0v) is 43.6. The van der Waals surface area contributed by atoms with Gasteiger partial charge in [-0.25, -0.2) is 0 Å². The molecule has 344 valence electrons. The van der Waals surface area contributed by atoms with Crippen molar-refractivity contribution in [3.05, 3.63) is 173 Å². The summed E-state index contributed by atoms with van der Waals surface area (Å²) in [4.78, 5) is 5.57. The Morgan fingerprint density at radius 1 is 0.457 bits per heavy atom. The highest BCUT2D eigenvalue weighted by Gasteiger charge is 2.50. The number of anilines is 5. The summed E-state index contributed by atoms with van der Waals surface area (Å²) in [5.74, 6) is 0. The molecule has 0 amide bonds. The van der Waals surface area contributed by atoms with Crippen LogP contribution in [0, 0.1) is 6.92 Å². The molecule has 5 heteroatoms. The molecule has 0 radical (unpaired) electrons. The minimum Gasteiger partial charge on any atom is -0.376 e.